The second kappa shape index (κ2) is 7.09. The Bertz CT molecular complexity index is 769. The average Bonchev–Trinajstić information content (AvgIpc) is 3.08. The third-order valence-electron chi connectivity index (χ3n) is 4.00. The summed E-state index contributed by atoms with van der Waals surface area (Å²) in [6, 6.07) is 9.04. The number of carbonyl (C=O) groups excluding carboxylic acids is 1. The van der Waals surface area contributed by atoms with Crippen LogP contribution in [0.5, 0.6) is 5.75 Å². The number of halogens is 1. The Morgan fingerprint density at radius 2 is 2.25 bits per heavy atom. The van der Waals surface area contributed by atoms with Crippen molar-refractivity contribution >= 4 is 23.7 Å². The Kier molecular flexibility index (Phi) is 4.90. The van der Waals surface area contributed by atoms with E-state index in [1.54, 1.807) is 18.2 Å². The Balaban J connectivity index is 1.45. The molecule has 2 aromatic rings. The van der Waals surface area contributed by atoms with Crippen LogP contribution in [0, 0.1) is 12.8 Å². The van der Waals surface area contributed by atoms with Crippen molar-refractivity contribution in [3.8, 4) is 5.75 Å². The van der Waals surface area contributed by atoms with Crippen LogP contribution in [-0.2, 0) is 4.79 Å². The smallest absolute Gasteiger partial charge is 0.277 e. The molecule has 0 aliphatic heterocycles. The van der Waals surface area contributed by atoms with Crippen molar-refractivity contribution in [2.75, 3.05) is 6.61 Å². The van der Waals surface area contributed by atoms with Crippen molar-refractivity contribution in [3.63, 3.8) is 0 Å². The highest BCUT2D eigenvalue weighted by atomic mass is 35.5. The fourth-order valence-corrected chi connectivity index (χ4v) is 2.70. The van der Waals surface area contributed by atoms with Gasteiger partial charge in [-0.2, -0.15) is 5.10 Å². The summed E-state index contributed by atoms with van der Waals surface area (Å²) in [6.07, 6.45) is 2.66. The maximum absolute atomic E-state index is 11.7. The number of aryl methyl sites for hydroxylation is 1. The number of furan rings is 1. The number of hydrogen-bond donors (Lipinski definition) is 1. The first kappa shape index (κ1) is 16.6. The molecule has 0 saturated heterocycles. The highest BCUT2D eigenvalue weighted by Crippen LogP contribution is 2.47. The minimum Gasteiger partial charge on any atom is -0.483 e. The van der Waals surface area contributed by atoms with Crippen molar-refractivity contribution in [3.05, 3.63) is 52.4 Å². The molecular weight excluding hydrogens is 328 g/mol. The molecule has 5 nitrogen and oxygen atoms in total. The first-order valence-corrected chi connectivity index (χ1v) is 8.21. The largest absolute Gasteiger partial charge is 0.483 e. The molecule has 1 heterocycles. The van der Waals surface area contributed by atoms with E-state index in [0.717, 1.165) is 11.3 Å². The van der Waals surface area contributed by atoms with Crippen molar-refractivity contribution in [1.29, 1.82) is 0 Å². The molecule has 0 unspecified atom stereocenters. The number of ether oxygens (including phenoxy) is 1. The number of nitrogens with zero attached hydrogens (tertiary/aromatic N) is 1. The minimum absolute atomic E-state index is 0.122. The first-order valence-electron chi connectivity index (χ1n) is 7.83. The van der Waals surface area contributed by atoms with E-state index in [9.17, 15) is 4.79 Å². The van der Waals surface area contributed by atoms with Gasteiger partial charge in [-0.05, 0) is 55.2 Å². The zero-order valence-corrected chi connectivity index (χ0v) is 14.3. The predicted octanol–water partition coefficient (Wildman–Crippen LogP) is 3.89. The van der Waals surface area contributed by atoms with Crippen molar-refractivity contribution < 1.29 is 13.9 Å². The van der Waals surface area contributed by atoms with Gasteiger partial charge in [-0.1, -0.05) is 18.5 Å². The van der Waals surface area contributed by atoms with E-state index in [1.165, 1.54) is 12.6 Å². The molecule has 0 spiro atoms. The molecule has 1 saturated carbocycles. The number of benzene rings is 1. The summed E-state index contributed by atoms with van der Waals surface area (Å²) in [5.41, 5.74) is 3.29. The van der Waals surface area contributed by atoms with E-state index in [2.05, 4.69) is 17.5 Å². The topological polar surface area (TPSA) is 63.8 Å². The number of hydrazone groups is 1. The van der Waals surface area contributed by atoms with Crippen LogP contribution in [0.2, 0.25) is 5.02 Å². The van der Waals surface area contributed by atoms with Gasteiger partial charge in [0.05, 0.1) is 6.21 Å². The molecule has 1 aliphatic carbocycles. The van der Waals surface area contributed by atoms with Crippen LogP contribution in [0.15, 0.2) is 39.9 Å². The number of nitrogens with one attached hydrogen (secondary N) is 1. The van der Waals surface area contributed by atoms with E-state index in [1.807, 2.05) is 19.1 Å². The van der Waals surface area contributed by atoms with Crippen molar-refractivity contribution in [2.45, 2.75) is 26.2 Å². The van der Waals surface area contributed by atoms with Gasteiger partial charge in [0.15, 0.2) is 6.61 Å². The Hall–Kier alpha value is -2.27. The maximum Gasteiger partial charge on any atom is 0.277 e. The molecule has 0 radical (unpaired) electrons. The van der Waals surface area contributed by atoms with E-state index in [4.69, 9.17) is 20.8 Å². The van der Waals surface area contributed by atoms with E-state index < -0.39 is 0 Å². The fraction of sp³-hybridized carbons (Fsp3) is 0.333. The molecule has 1 fully saturated rings. The molecule has 1 amide bonds. The van der Waals surface area contributed by atoms with E-state index >= 15 is 0 Å². The van der Waals surface area contributed by atoms with Crippen LogP contribution < -0.4 is 10.2 Å². The summed E-state index contributed by atoms with van der Waals surface area (Å²) < 4.78 is 11.1. The highest BCUT2D eigenvalue weighted by Gasteiger charge is 2.36. The third kappa shape index (κ3) is 4.17. The lowest BCUT2D eigenvalue weighted by atomic mass is 10.2. The predicted molar refractivity (Wildman–Crippen MR) is 92.7 cm³/mol. The Morgan fingerprint density at radius 3 is 2.96 bits per heavy atom. The lowest BCUT2D eigenvalue weighted by molar-refractivity contribution is -0.123. The van der Waals surface area contributed by atoms with Crippen LogP contribution in [0.3, 0.4) is 0 Å². The Morgan fingerprint density at radius 1 is 1.46 bits per heavy atom. The van der Waals surface area contributed by atoms with Gasteiger partial charge in [0.2, 0.25) is 0 Å². The van der Waals surface area contributed by atoms with Gasteiger partial charge in [-0.25, -0.2) is 5.43 Å². The van der Waals surface area contributed by atoms with Gasteiger partial charge >= 0.3 is 0 Å². The van der Waals surface area contributed by atoms with Gasteiger partial charge in [0.1, 0.15) is 17.3 Å². The highest BCUT2D eigenvalue weighted by molar-refractivity contribution is 6.30. The van der Waals surface area contributed by atoms with Crippen LogP contribution in [0.1, 0.15) is 36.3 Å². The molecule has 1 N–H and O–H groups in total. The summed E-state index contributed by atoms with van der Waals surface area (Å²) >= 11 is 5.88. The maximum atomic E-state index is 11.7. The lowest BCUT2D eigenvalue weighted by Gasteiger charge is -2.08. The Labute approximate surface area is 145 Å². The third-order valence-corrected chi connectivity index (χ3v) is 4.23. The molecule has 6 heteroatoms. The SMILES string of the molecule is Cc1cc(Cl)ccc1OCC(=O)N/N=C\c1ccc([C@H]2C[C@H]2C)o1. The van der Waals surface area contributed by atoms with Gasteiger partial charge in [0.25, 0.3) is 5.91 Å². The van der Waals surface area contributed by atoms with Gasteiger partial charge in [0, 0.05) is 10.9 Å². The summed E-state index contributed by atoms with van der Waals surface area (Å²) in [5, 5.41) is 4.51. The molecule has 0 bridgehead atoms. The van der Waals surface area contributed by atoms with E-state index in [0.29, 0.717) is 28.4 Å². The second-order valence-corrected chi connectivity index (χ2v) is 6.49. The first-order chi connectivity index (χ1) is 11.5. The summed E-state index contributed by atoms with van der Waals surface area (Å²) in [7, 11) is 0. The quantitative estimate of drug-likeness (QED) is 0.637. The number of rotatable bonds is 6. The fourth-order valence-electron chi connectivity index (χ4n) is 2.47. The van der Waals surface area contributed by atoms with Gasteiger partial charge in [-0.15, -0.1) is 0 Å². The second-order valence-electron chi connectivity index (χ2n) is 6.05. The summed E-state index contributed by atoms with van der Waals surface area (Å²) in [5.74, 6) is 3.10. The van der Waals surface area contributed by atoms with Crippen molar-refractivity contribution in [2.24, 2.45) is 11.0 Å². The van der Waals surface area contributed by atoms with Crippen LogP contribution in [-0.4, -0.2) is 18.7 Å². The molecule has 2 atom stereocenters. The van der Waals surface area contributed by atoms with Gasteiger partial charge in [-0.3, -0.25) is 4.79 Å². The molecule has 24 heavy (non-hydrogen) atoms. The van der Waals surface area contributed by atoms with Crippen LogP contribution >= 0.6 is 11.6 Å². The molecular formula is C18H19ClN2O3. The molecule has 126 valence electrons. The molecule has 1 aromatic carbocycles. The molecule has 3 rings (SSSR count). The monoisotopic (exact) mass is 346 g/mol. The molecule has 1 aromatic heterocycles. The van der Waals surface area contributed by atoms with Crippen LogP contribution in [0.25, 0.3) is 0 Å². The lowest BCUT2D eigenvalue weighted by Crippen LogP contribution is -2.24. The minimum atomic E-state index is -0.344. The molecule has 1 aliphatic rings. The normalized spacial score (nSPS) is 19.5. The van der Waals surface area contributed by atoms with Gasteiger partial charge < -0.3 is 9.15 Å². The zero-order valence-electron chi connectivity index (χ0n) is 13.6. The van der Waals surface area contributed by atoms with E-state index in [-0.39, 0.29) is 12.5 Å². The zero-order chi connectivity index (χ0) is 17.1. The van der Waals surface area contributed by atoms with Crippen LogP contribution in [0.4, 0.5) is 0 Å². The summed E-state index contributed by atoms with van der Waals surface area (Å²) in [6.45, 7) is 3.94. The number of hydrogen-bond acceptors (Lipinski definition) is 4. The summed E-state index contributed by atoms with van der Waals surface area (Å²) in [4.78, 5) is 11.7. The average molecular weight is 347 g/mol. The standard InChI is InChI=1S/C18H19ClN2O3/c1-11-8-15(11)17-6-4-14(24-17)9-20-21-18(22)10-23-16-5-3-13(19)7-12(16)2/h3-7,9,11,15H,8,10H2,1-2H3,(H,21,22)/b20-9-/t11-,15+/m1/s1. The number of carbonyl (C=O) groups is 1. The number of amides is 1. The van der Waals surface area contributed by atoms with Crippen molar-refractivity contribution in [1.82, 2.24) is 5.43 Å².